The fourth-order valence-corrected chi connectivity index (χ4v) is 3.47. The molecule has 1 aliphatic rings. The summed E-state index contributed by atoms with van der Waals surface area (Å²) >= 11 is 7.87. The van der Waals surface area contributed by atoms with E-state index in [9.17, 15) is 18.0 Å². The van der Waals surface area contributed by atoms with E-state index >= 15 is 0 Å². The van der Waals surface area contributed by atoms with Gasteiger partial charge in [-0.25, -0.2) is 0 Å². The standard InChI is InChI=1S/C16H11ClF3IN4O/c17-10-6-9(16(18,19)20)2-3-12(10)23-14(26)15(4-1-5-15)25-8-11(21)13(7-22)24-25/h2-3,6,8H,1,4-5H2,(H,23,26). The van der Waals surface area contributed by atoms with Crippen molar-refractivity contribution in [1.82, 2.24) is 9.78 Å². The molecule has 1 aromatic heterocycles. The van der Waals surface area contributed by atoms with Crippen LogP contribution in [0.3, 0.4) is 0 Å². The van der Waals surface area contributed by atoms with Crippen molar-refractivity contribution < 1.29 is 18.0 Å². The van der Waals surface area contributed by atoms with Crippen molar-refractivity contribution in [2.75, 3.05) is 5.32 Å². The molecule has 1 aliphatic carbocycles. The molecule has 0 saturated heterocycles. The van der Waals surface area contributed by atoms with Gasteiger partial charge < -0.3 is 5.32 Å². The molecule has 1 saturated carbocycles. The number of benzene rings is 1. The zero-order chi connectivity index (χ0) is 19.1. The monoisotopic (exact) mass is 494 g/mol. The van der Waals surface area contributed by atoms with Gasteiger partial charge in [-0.1, -0.05) is 11.6 Å². The van der Waals surface area contributed by atoms with Crippen LogP contribution in [-0.2, 0) is 16.5 Å². The van der Waals surface area contributed by atoms with Crippen LogP contribution in [0.1, 0.15) is 30.5 Å². The maximum absolute atomic E-state index is 12.8. The average Bonchev–Trinajstić information content (AvgIpc) is 2.88. The Hall–Kier alpha value is -1.80. The predicted octanol–water partition coefficient (Wildman–Crippen LogP) is 4.55. The molecule has 0 spiro atoms. The zero-order valence-electron chi connectivity index (χ0n) is 13.1. The summed E-state index contributed by atoms with van der Waals surface area (Å²) in [6.07, 6.45) is -1.07. The van der Waals surface area contributed by atoms with Gasteiger partial charge >= 0.3 is 6.18 Å². The lowest BCUT2D eigenvalue weighted by Crippen LogP contribution is -2.51. The normalized spacial score (nSPS) is 15.8. The first-order valence-electron chi connectivity index (χ1n) is 7.51. The second-order valence-electron chi connectivity index (χ2n) is 5.91. The van der Waals surface area contributed by atoms with Crippen LogP contribution in [0, 0.1) is 14.9 Å². The summed E-state index contributed by atoms with van der Waals surface area (Å²) in [7, 11) is 0. The van der Waals surface area contributed by atoms with Crippen molar-refractivity contribution >= 4 is 45.8 Å². The summed E-state index contributed by atoms with van der Waals surface area (Å²) in [5.74, 6) is -0.422. The summed E-state index contributed by atoms with van der Waals surface area (Å²) in [4.78, 5) is 12.8. The van der Waals surface area contributed by atoms with E-state index in [0.29, 0.717) is 16.4 Å². The van der Waals surface area contributed by atoms with E-state index in [1.807, 2.05) is 28.7 Å². The summed E-state index contributed by atoms with van der Waals surface area (Å²) in [5.41, 5.74) is -1.55. The molecule has 136 valence electrons. The van der Waals surface area contributed by atoms with E-state index < -0.39 is 23.2 Å². The van der Waals surface area contributed by atoms with Crippen LogP contribution in [0.4, 0.5) is 18.9 Å². The van der Waals surface area contributed by atoms with Crippen molar-refractivity contribution in [1.29, 1.82) is 5.26 Å². The minimum atomic E-state index is -4.51. The lowest BCUT2D eigenvalue weighted by atomic mass is 9.76. The SMILES string of the molecule is N#Cc1nn(C2(C(=O)Nc3ccc(C(F)(F)F)cc3Cl)CCC2)cc1I. The molecule has 0 unspecified atom stereocenters. The van der Waals surface area contributed by atoms with E-state index in [4.69, 9.17) is 16.9 Å². The minimum Gasteiger partial charge on any atom is -0.323 e. The summed E-state index contributed by atoms with van der Waals surface area (Å²) in [6.45, 7) is 0. The molecule has 1 aromatic carbocycles. The Bertz CT molecular complexity index is 915. The lowest BCUT2D eigenvalue weighted by molar-refractivity contribution is -0.137. The van der Waals surface area contributed by atoms with Crippen LogP contribution in [0.5, 0.6) is 0 Å². The third-order valence-corrected chi connectivity index (χ3v) is 5.46. The van der Waals surface area contributed by atoms with Gasteiger partial charge in [0.2, 0.25) is 0 Å². The zero-order valence-corrected chi connectivity index (χ0v) is 16.0. The van der Waals surface area contributed by atoms with Gasteiger partial charge in [-0.2, -0.15) is 23.5 Å². The van der Waals surface area contributed by atoms with Gasteiger partial charge in [0, 0.05) is 6.20 Å². The number of anilines is 1. The molecule has 26 heavy (non-hydrogen) atoms. The van der Waals surface area contributed by atoms with Crippen molar-refractivity contribution in [2.45, 2.75) is 31.0 Å². The van der Waals surface area contributed by atoms with E-state index in [1.165, 1.54) is 4.68 Å². The topological polar surface area (TPSA) is 70.7 Å². The van der Waals surface area contributed by atoms with Crippen molar-refractivity contribution in [3.63, 3.8) is 0 Å². The quantitative estimate of drug-likeness (QED) is 0.637. The average molecular weight is 495 g/mol. The van der Waals surface area contributed by atoms with E-state index in [2.05, 4.69) is 10.4 Å². The Kier molecular flexibility index (Phi) is 4.92. The van der Waals surface area contributed by atoms with E-state index in [-0.39, 0.29) is 16.4 Å². The van der Waals surface area contributed by atoms with Crippen molar-refractivity contribution in [3.05, 3.63) is 44.2 Å². The molecule has 5 nitrogen and oxygen atoms in total. The number of alkyl halides is 3. The molecule has 0 radical (unpaired) electrons. The van der Waals surface area contributed by atoms with Gasteiger partial charge in [-0.05, 0) is 60.1 Å². The second-order valence-corrected chi connectivity index (χ2v) is 7.48. The Balaban J connectivity index is 1.88. The number of rotatable bonds is 3. The number of carbonyl (C=O) groups excluding carboxylic acids is 1. The van der Waals surface area contributed by atoms with Crippen molar-refractivity contribution in [2.24, 2.45) is 0 Å². The third-order valence-electron chi connectivity index (χ3n) is 4.36. The fraction of sp³-hybridized carbons (Fsp3) is 0.312. The number of halogens is 5. The van der Waals surface area contributed by atoms with Gasteiger partial charge in [-0.3, -0.25) is 9.48 Å². The van der Waals surface area contributed by atoms with Crippen LogP contribution < -0.4 is 5.32 Å². The van der Waals surface area contributed by atoms with Gasteiger partial charge in [0.05, 0.1) is 19.8 Å². The van der Waals surface area contributed by atoms with Crippen LogP contribution in [-0.4, -0.2) is 15.7 Å². The highest BCUT2D eigenvalue weighted by Gasteiger charge is 2.47. The second kappa shape index (κ2) is 6.74. The Labute approximate surface area is 165 Å². The molecule has 10 heteroatoms. The summed E-state index contributed by atoms with van der Waals surface area (Å²) in [5, 5.41) is 15.6. The molecule has 1 fully saturated rings. The molecule has 0 atom stereocenters. The Morgan fingerprint density at radius 2 is 2.12 bits per heavy atom. The Morgan fingerprint density at radius 1 is 1.42 bits per heavy atom. The fourth-order valence-electron chi connectivity index (χ4n) is 2.75. The van der Waals surface area contributed by atoms with Crippen LogP contribution in [0.25, 0.3) is 0 Å². The van der Waals surface area contributed by atoms with E-state index in [1.54, 1.807) is 6.20 Å². The highest BCUT2D eigenvalue weighted by Crippen LogP contribution is 2.41. The molecule has 0 bridgehead atoms. The van der Waals surface area contributed by atoms with Crippen LogP contribution >= 0.6 is 34.2 Å². The lowest BCUT2D eigenvalue weighted by Gasteiger charge is -2.40. The van der Waals surface area contributed by atoms with Crippen molar-refractivity contribution in [3.8, 4) is 6.07 Å². The third kappa shape index (κ3) is 3.27. The van der Waals surface area contributed by atoms with Gasteiger partial charge in [0.15, 0.2) is 5.69 Å². The molecular weight excluding hydrogens is 484 g/mol. The highest BCUT2D eigenvalue weighted by molar-refractivity contribution is 14.1. The first kappa shape index (κ1) is 19.0. The first-order chi connectivity index (χ1) is 12.2. The number of nitrogens with one attached hydrogen (secondary N) is 1. The van der Waals surface area contributed by atoms with Crippen LogP contribution in [0.2, 0.25) is 5.02 Å². The molecular formula is C16H11ClF3IN4O. The smallest absolute Gasteiger partial charge is 0.323 e. The molecule has 2 aromatic rings. The first-order valence-corrected chi connectivity index (χ1v) is 8.97. The largest absolute Gasteiger partial charge is 0.416 e. The van der Waals surface area contributed by atoms with E-state index in [0.717, 1.165) is 24.6 Å². The molecule has 3 rings (SSSR count). The Morgan fingerprint density at radius 3 is 2.58 bits per heavy atom. The molecule has 1 amide bonds. The summed E-state index contributed by atoms with van der Waals surface area (Å²) in [6, 6.07) is 4.72. The van der Waals surface area contributed by atoms with Gasteiger partial charge in [0.25, 0.3) is 5.91 Å². The number of hydrogen-bond acceptors (Lipinski definition) is 3. The molecule has 0 aliphatic heterocycles. The maximum Gasteiger partial charge on any atom is 0.416 e. The summed E-state index contributed by atoms with van der Waals surface area (Å²) < 4.78 is 40.3. The predicted molar refractivity (Wildman–Crippen MR) is 96.6 cm³/mol. The highest BCUT2D eigenvalue weighted by atomic mass is 127. The minimum absolute atomic E-state index is 0.0956. The number of nitriles is 1. The van der Waals surface area contributed by atoms with Gasteiger partial charge in [-0.15, -0.1) is 0 Å². The number of carbonyl (C=O) groups is 1. The number of amides is 1. The number of aromatic nitrogens is 2. The maximum atomic E-state index is 12.8. The molecule has 1 N–H and O–H groups in total. The molecule has 1 heterocycles. The number of nitrogens with zero attached hydrogens (tertiary/aromatic N) is 3. The van der Waals surface area contributed by atoms with Crippen LogP contribution in [0.15, 0.2) is 24.4 Å². The van der Waals surface area contributed by atoms with Gasteiger partial charge in [0.1, 0.15) is 11.6 Å². The number of hydrogen-bond donors (Lipinski definition) is 1.